The lowest BCUT2D eigenvalue weighted by Gasteiger charge is -2.13. The average Bonchev–Trinajstić information content (AvgIpc) is 2.28. The van der Waals surface area contributed by atoms with E-state index in [1.165, 1.54) is 4.90 Å². The van der Waals surface area contributed by atoms with Gasteiger partial charge in [-0.2, -0.15) is 0 Å². The molecule has 0 bridgehead atoms. The number of nitrogens with one attached hydrogen (secondary N) is 2. The van der Waals surface area contributed by atoms with Crippen molar-refractivity contribution in [3.8, 4) is 0 Å². The minimum absolute atomic E-state index is 0.0878. The highest BCUT2D eigenvalue weighted by atomic mass is 16.2. The number of anilines is 2. The Kier molecular flexibility index (Phi) is 4.63. The van der Waals surface area contributed by atoms with Crippen molar-refractivity contribution in [3.63, 3.8) is 0 Å². The van der Waals surface area contributed by atoms with Gasteiger partial charge in [-0.3, -0.25) is 0 Å². The molecular formula is C12H20N4O. The van der Waals surface area contributed by atoms with Gasteiger partial charge in [0.2, 0.25) is 0 Å². The van der Waals surface area contributed by atoms with Crippen molar-refractivity contribution in [2.45, 2.75) is 6.92 Å². The zero-order valence-electron chi connectivity index (χ0n) is 10.6. The summed E-state index contributed by atoms with van der Waals surface area (Å²) in [4.78, 5) is 12.7. The molecule has 0 unspecified atom stereocenters. The molecule has 0 atom stereocenters. The molecule has 0 saturated carbocycles. The van der Waals surface area contributed by atoms with Crippen LogP contribution in [0.25, 0.3) is 0 Å². The van der Waals surface area contributed by atoms with E-state index in [4.69, 9.17) is 5.73 Å². The van der Waals surface area contributed by atoms with Crippen LogP contribution in [0.1, 0.15) is 5.56 Å². The van der Waals surface area contributed by atoms with Gasteiger partial charge in [0.15, 0.2) is 0 Å². The number of aryl methyl sites for hydroxylation is 1. The summed E-state index contributed by atoms with van der Waals surface area (Å²) in [5, 5.41) is 5.97. The van der Waals surface area contributed by atoms with Crippen LogP contribution in [0.3, 0.4) is 0 Å². The highest BCUT2D eigenvalue weighted by molar-refractivity contribution is 5.73. The lowest BCUT2D eigenvalue weighted by molar-refractivity contribution is 0.218. The molecule has 0 aliphatic rings. The second kappa shape index (κ2) is 5.98. The summed E-state index contributed by atoms with van der Waals surface area (Å²) in [7, 11) is 3.42. The maximum atomic E-state index is 11.2. The second-order valence-electron chi connectivity index (χ2n) is 4.12. The monoisotopic (exact) mass is 236 g/mol. The quantitative estimate of drug-likeness (QED) is 0.544. The smallest absolute Gasteiger partial charge is 0.316 e. The predicted octanol–water partition coefficient (Wildman–Crippen LogP) is 1.26. The van der Waals surface area contributed by atoms with Gasteiger partial charge in [0.1, 0.15) is 0 Å². The Morgan fingerprint density at radius 2 is 2.06 bits per heavy atom. The number of urea groups is 1. The molecule has 2 amide bonds. The first kappa shape index (κ1) is 13.2. The van der Waals surface area contributed by atoms with Crippen LogP contribution in [0.4, 0.5) is 16.2 Å². The van der Waals surface area contributed by atoms with Gasteiger partial charge < -0.3 is 21.3 Å². The summed E-state index contributed by atoms with van der Waals surface area (Å²) in [5.74, 6) is 0. The third-order valence-electron chi connectivity index (χ3n) is 2.42. The van der Waals surface area contributed by atoms with E-state index in [2.05, 4.69) is 10.6 Å². The van der Waals surface area contributed by atoms with Crippen molar-refractivity contribution in [1.82, 2.24) is 10.2 Å². The molecule has 0 aliphatic heterocycles. The van der Waals surface area contributed by atoms with Crippen LogP contribution in [-0.4, -0.2) is 38.1 Å². The van der Waals surface area contributed by atoms with Crippen LogP contribution in [0.5, 0.6) is 0 Å². The summed E-state index contributed by atoms with van der Waals surface area (Å²) >= 11 is 0. The molecule has 94 valence electrons. The topological polar surface area (TPSA) is 70.4 Å². The fraction of sp³-hybridized carbons (Fsp3) is 0.417. The lowest BCUT2D eigenvalue weighted by atomic mass is 10.2. The third kappa shape index (κ3) is 4.22. The number of rotatable bonds is 4. The highest BCUT2D eigenvalue weighted by Gasteiger charge is 2.01. The van der Waals surface area contributed by atoms with Gasteiger partial charge in [-0.05, 0) is 24.6 Å². The van der Waals surface area contributed by atoms with Gasteiger partial charge in [-0.1, -0.05) is 6.07 Å². The van der Waals surface area contributed by atoms with Gasteiger partial charge in [-0.15, -0.1) is 0 Å². The van der Waals surface area contributed by atoms with Crippen LogP contribution >= 0.6 is 0 Å². The zero-order valence-corrected chi connectivity index (χ0v) is 10.6. The summed E-state index contributed by atoms with van der Waals surface area (Å²) in [6.45, 7) is 3.21. The van der Waals surface area contributed by atoms with Crippen molar-refractivity contribution in [2.75, 3.05) is 38.2 Å². The molecule has 0 aliphatic carbocycles. The van der Waals surface area contributed by atoms with Crippen molar-refractivity contribution < 1.29 is 4.79 Å². The number of carbonyl (C=O) groups excluding carboxylic acids is 1. The van der Waals surface area contributed by atoms with Crippen LogP contribution in [0, 0.1) is 6.92 Å². The molecule has 0 heterocycles. The van der Waals surface area contributed by atoms with E-state index >= 15 is 0 Å². The summed E-state index contributed by atoms with van der Waals surface area (Å²) in [5.41, 5.74) is 8.60. The highest BCUT2D eigenvalue weighted by Crippen LogP contribution is 2.16. The molecule has 1 aromatic carbocycles. The molecular weight excluding hydrogens is 216 g/mol. The molecule has 5 nitrogen and oxygen atoms in total. The SMILES string of the molecule is Cc1ccc(NCCNC(=O)N(C)C)cc1N. The van der Waals surface area contributed by atoms with E-state index in [0.29, 0.717) is 13.1 Å². The molecule has 17 heavy (non-hydrogen) atoms. The molecule has 5 heteroatoms. The minimum atomic E-state index is -0.0878. The Bertz CT molecular complexity index is 390. The van der Waals surface area contributed by atoms with Crippen molar-refractivity contribution in [1.29, 1.82) is 0 Å². The maximum Gasteiger partial charge on any atom is 0.316 e. The van der Waals surface area contributed by atoms with E-state index in [0.717, 1.165) is 16.9 Å². The number of nitrogen functional groups attached to an aromatic ring is 1. The lowest BCUT2D eigenvalue weighted by Crippen LogP contribution is -2.37. The Morgan fingerprint density at radius 3 is 2.65 bits per heavy atom. The van der Waals surface area contributed by atoms with E-state index in [9.17, 15) is 4.79 Å². The molecule has 1 rings (SSSR count). The van der Waals surface area contributed by atoms with Gasteiger partial charge in [0.05, 0.1) is 0 Å². The Balaban J connectivity index is 2.31. The van der Waals surface area contributed by atoms with E-state index in [1.54, 1.807) is 14.1 Å². The number of nitrogens with two attached hydrogens (primary N) is 1. The molecule has 1 aromatic rings. The molecule has 0 spiro atoms. The van der Waals surface area contributed by atoms with Crippen LogP contribution in [-0.2, 0) is 0 Å². The second-order valence-corrected chi connectivity index (χ2v) is 4.12. The fourth-order valence-corrected chi connectivity index (χ4v) is 1.28. The standard InChI is InChI=1S/C12H20N4O/c1-9-4-5-10(8-11(9)13)14-6-7-15-12(17)16(2)3/h4-5,8,14H,6-7,13H2,1-3H3,(H,15,17). The van der Waals surface area contributed by atoms with E-state index < -0.39 is 0 Å². The largest absolute Gasteiger partial charge is 0.398 e. The number of hydrogen-bond acceptors (Lipinski definition) is 3. The zero-order chi connectivity index (χ0) is 12.8. The molecule has 0 radical (unpaired) electrons. The first-order valence-corrected chi connectivity index (χ1v) is 5.56. The number of hydrogen-bond donors (Lipinski definition) is 3. The predicted molar refractivity (Wildman–Crippen MR) is 71.2 cm³/mol. The number of nitrogens with zero attached hydrogens (tertiary/aromatic N) is 1. The van der Waals surface area contributed by atoms with Gasteiger partial charge >= 0.3 is 6.03 Å². The van der Waals surface area contributed by atoms with Gasteiger partial charge in [-0.25, -0.2) is 4.79 Å². The third-order valence-corrected chi connectivity index (χ3v) is 2.42. The first-order valence-electron chi connectivity index (χ1n) is 5.56. The Morgan fingerprint density at radius 1 is 1.35 bits per heavy atom. The average molecular weight is 236 g/mol. The van der Waals surface area contributed by atoms with Gasteiger partial charge in [0.25, 0.3) is 0 Å². The van der Waals surface area contributed by atoms with E-state index in [-0.39, 0.29) is 6.03 Å². The molecule has 0 saturated heterocycles. The number of benzene rings is 1. The number of amides is 2. The minimum Gasteiger partial charge on any atom is -0.398 e. The van der Waals surface area contributed by atoms with Crippen LogP contribution in [0.15, 0.2) is 18.2 Å². The first-order chi connectivity index (χ1) is 8.00. The van der Waals surface area contributed by atoms with Crippen LogP contribution < -0.4 is 16.4 Å². The molecule has 4 N–H and O–H groups in total. The van der Waals surface area contributed by atoms with Crippen molar-refractivity contribution in [2.24, 2.45) is 0 Å². The van der Waals surface area contributed by atoms with Crippen molar-refractivity contribution in [3.05, 3.63) is 23.8 Å². The summed E-state index contributed by atoms with van der Waals surface area (Å²) < 4.78 is 0. The number of carbonyl (C=O) groups is 1. The summed E-state index contributed by atoms with van der Waals surface area (Å²) in [6, 6.07) is 5.74. The Labute approximate surface area is 102 Å². The van der Waals surface area contributed by atoms with Crippen LogP contribution in [0.2, 0.25) is 0 Å². The fourth-order valence-electron chi connectivity index (χ4n) is 1.28. The summed E-state index contributed by atoms with van der Waals surface area (Å²) in [6.07, 6.45) is 0. The Hall–Kier alpha value is -1.91. The normalized spacial score (nSPS) is 9.82. The molecule has 0 fully saturated rings. The molecule has 0 aromatic heterocycles. The van der Waals surface area contributed by atoms with Crippen molar-refractivity contribution >= 4 is 17.4 Å². The van der Waals surface area contributed by atoms with Gasteiger partial charge in [0, 0.05) is 38.6 Å². The maximum absolute atomic E-state index is 11.2. The van der Waals surface area contributed by atoms with E-state index in [1.807, 2.05) is 25.1 Å².